The summed E-state index contributed by atoms with van der Waals surface area (Å²) in [5, 5.41) is 3.87. The number of rotatable bonds is 7. The molecule has 6 nitrogen and oxygen atoms in total. The summed E-state index contributed by atoms with van der Waals surface area (Å²) in [6, 6.07) is 13.7. The van der Waals surface area contributed by atoms with Crippen molar-refractivity contribution in [1.82, 2.24) is 0 Å². The fourth-order valence-corrected chi connectivity index (χ4v) is 4.56. The van der Waals surface area contributed by atoms with E-state index >= 15 is 0 Å². The normalized spacial score (nSPS) is 11.5. The molecule has 1 heterocycles. The van der Waals surface area contributed by atoms with Crippen LogP contribution in [0, 0.1) is 20.8 Å². The fourth-order valence-electron chi connectivity index (χ4n) is 4.56. The van der Waals surface area contributed by atoms with E-state index < -0.39 is 0 Å². The van der Waals surface area contributed by atoms with Crippen molar-refractivity contribution >= 4 is 28.1 Å². The second-order valence-electron chi connectivity index (χ2n) is 8.81. The third kappa shape index (κ3) is 4.67. The minimum Gasteiger partial charge on any atom is -0.496 e. The molecule has 1 N–H and O–H groups in total. The van der Waals surface area contributed by atoms with Gasteiger partial charge in [-0.05, 0) is 62.6 Å². The Hall–Kier alpha value is -4.19. The summed E-state index contributed by atoms with van der Waals surface area (Å²) in [7, 11) is 4.75. The van der Waals surface area contributed by atoms with E-state index in [0.717, 1.165) is 38.8 Å². The van der Waals surface area contributed by atoms with Gasteiger partial charge in [-0.3, -0.25) is 4.79 Å². The van der Waals surface area contributed by atoms with Gasteiger partial charge < -0.3 is 23.9 Å². The van der Waals surface area contributed by atoms with Crippen molar-refractivity contribution < 1.29 is 23.4 Å². The van der Waals surface area contributed by atoms with Gasteiger partial charge in [-0.1, -0.05) is 23.8 Å². The number of nitrogens with one attached hydrogen (secondary N) is 1. The maximum Gasteiger partial charge on any atom is 0.248 e. The van der Waals surface area contributed by atoms with E-state index in [9.17, 15) is 4.79 Å². The molecule has 4 rings (SSSR count). The quantitative estimate of drug-likeness (QED) is 0.283. The molecular weight excluding hydrogens is 454 g/mol. The largest absolute Gasteiger partial charge is 0.496 e. The molecule has 0 bridgehead atoms. The second kappa shape index (κ2) is 10.2. The van der Waals surface area contributed by atoms with Gasteiger partial charge in [0.05, 0.1) is 27.6 Å². The first-order valence-corrected chi connectivity index (χ1v) is 11.7. The van der Waals surface area contributed by atoms with Crippen molar-refractivity contribution in [2.75, 3.05) is 26.6 Å². The molecule has 0 fully saturated rings. The van der Waals surface area contributed by atoms with Crippen LogP contribution in [0.1, 0.15) is 29.2 Å². The van der Waals surface area contributed by atoms with Gasteiger partial charge in [-0.15, -0.1) is 0 Å². The number of carbonyl (C=O) groups is 1. The standard InChI is InChI=1S/C30H31NO5/c1-17-8-10-22(18(2)12-17)25-16-36-30-20(4)29(35-7)23(15-24(25)30)19(3)13-28(32)31-21-9-11-26(33-5)27(14-21)34-6/h8-16H,1-7H3,(H,31,32)/b19-13+. The summed E-state index contributed by atoms with van der Waals surface area (Å²) in [6.07, 6.45) is 3.36. The van der Waals surface area contributed by atoms with Crippen LogP contribution in [-0.2, 0) is 4.79 Å². The molecule has 3 aromatic carbocycles. The molecule has 1 aromatic heterocycles. The van der Waals surface area contributed by atoms with Gasteiger partial charge in [0.2, 0.25) is 5.91 Å². The van der Waals surface area contributed by atoms with E-state index in [1.54, 1.807) is 51.9 Å². The van der Waals surface area contributed by atoms with Gasteiger partial charge in [0, 0.05) is 39.9 Å². The molecule has 4 aromatic rings. The number of hydrogen-bond donors (Lipinski definition) is 1. The van der Waals surface area contributed by atoms with E-state index in [1.165, 1.54) is 11.1 Å². The minimum atomic E-state index is -0.263. The van der Waals surface area contributed by atoms with Crippen LogP contribution in [0.4, 0.5) is 5.69 Å². The number of ether oxygens (including phenoxy) is 3. The summed E-state index contributed by atoms with van der Waals surface area (Å²) in [4.78, 5) is 12.9. The zero-order valence-corrected chi connectivity index (χ0v) is 21.7. The van der Waals surface area contributed by atoms with Gasteiger partial charge >= 0.3 is 0 Å². The van der Waals surface area contributed by atoms with Crippen LogP contribution < -0.4 is 19.5 Å². The number of aryl methyl sites for hydroxylation is 3. The molecule has 186 valence electrons. The first kappa shape index (κ1) is 24.9. The average Bonchev–Trinajstić information content (AvgIpc) is 3.27. The van der Waals surface area contributed by atoms with Crippen LogP contribution in [-0.4, -0.2) is 27.2 Å². The second-order valence-corrected chi connectivity index (χ2v) is 8.81. The highest BCUT2D eigenvalue weighted by Crippen LogP contribution is 2.41. The molecule has 1 amide bonds. The molecule has 0 aliphatic heterocycles. The zero-order valence-electron chi connectivity index (χ0n) is 21.7. The Balaban J connectivity index is 1.74. The SMILES string of the molecule is COc1ccc(NC(=O)/C=C(\C)c2cc3c(-c4ccc(C)cc4C)coc3c(C)c2OC)cc1OC. The molecule has 0 unspecified atom stereocenters. The third-order valence-electron chi connectivity index (χ3n) is 6.34. The molecule has 36 heavy (non-hydrogen) atoms. The Morgan fingerprint density at radius 3 is 2.31 bits per heavy atom. The van der Waals surface area contributed by atoms with Gasteiger partial charge in [-0.25, -0.2) is 0 Å². The predicted octanol–water partition coefficient (Wildman–Crippen LogP) is 7.09. The molecule has 0 aliphatic carbocycles. The predicted molar refractivity (Wildman–Crippen MR) is 144 cm³/mol. The lowest BCUT2D eigenvalue weighted by Gasteiger charge is -2.14. The Kier molecular flexibility index (Phi) is 7.06. The summed E-state index contributed by atoms with van der Waals surface area (Å²) in [6.45, 7) is 8.05. The Bertz CT molecular complexity index is 1480. The minimum absolute atomic E-state index is 0.263. The topological polar surface area (TPSA) is 69.9 Å². The molecule has 0 radical (unpaired) electrons. The van der Waals surface area contributed by atoms with Gasteiger partial charge in [0.15, 0.2) is 11.5 Å². The van der Waals surface area contributed by atoms with E-state index in [2.05, 4.69) is 37.4 Å². The number of allylic oxidation sites excluding steroid dienone is 1. The monoisotopic (exact) mass is 485 g/mol. The number of hydrogen-bond acceptors (Lipinski definition) is 5. The van der Waals surface area contributed by atoms with Crippen LogP contribution in [0.15, 0.2) is 59.2 Å². The summed E-state index contributed by atoms with van der Waals surface area (Å²) < 4.78 is 22.3. The molecule has 0 saturated carbocycles. The molecule has 0 saturated heterocycles. The van der Waals surface area contributed by atoms with Crippen molar-refractivity contribution in [2.45, 2.75) is 27.7 Å². The van der Waals surface area contributed by atoms with Crippen molar-refractivity contribution in [1.29, 1.82) is 0 Å². The number of methoxy groups -OCH3 is 3. The first-order valence-electron chi connectivity index (χ1n) is 11.7. The van der Waals surface area contributed by atoms with Crippen LogP contribution in [0.5, 0.6) is 17.2 Å². The van der Waals surface area contributed by atoms with Crippen molar-refractivity contribution in [3.05, 3.63) is 77.1 Å². The summed E-state index contributed by atoms with van der Waals surface area (Å²) in [5.74, 6) is 1.55. The lowest BCUT2D eigenvalue weighted by atomic mass is 9.94. The van der Waals surface area contributed by atoms with E-state index in [-0.39, 0.29) is 5.91 Å². The average molecular weight is 486 g/mol. The number of amides is 1. The number of furan rings is 1. The van der Waals surface area contributed by atoms with Gasteiger partial charge in [-0.2, -0.15) is 0 Å². The highest BCUT2D eigenvalue weighted by molar-refractivity contribution is 6.06. The lowest BCUT2D eigenvalue weighted by Crippen LogP contribution is -2.09. The number of fused-ring (bicyclic) bond motifs is 1. The maximum absolute atomic E-state index is 12.9. The van der Waals surface area contributed by atoms with Crippen LogP contribution in [0.3, 0.4) is 0 Å². The molecule has 0 spiro atoms. The smallest absolute Gasteiger partial charge is 0.248 e. The molecule has 6 heteroatoms. The fraction of sp³-hybridized carbons (Fsp3) is 0.233. The molecule has 0 aliphatic rings. The zero-order chi connectivity index (χ0) is 26.0. The Morgan fingerprint density at radius 2 is 1.64 bits per heavy atom. The molecule has 0 atom stereocenters. The summed E-state index contributed by atoms with van der Waals surface area (Å²) in [5.41, 5.74) is 8.37. The highest BCUT2D eigenvalue weighted by Gasteiger charge is 2.19. The highest BCUT2D eigenvalue weighted by atomic mass is 16.5. The van der Waals surface area contributed by atoms with Crippen LogP contribution >= 0.6 is 0 Å². The van der Waals surface area contributed by atoms with Gasteiger partial charge in [0.1, 0.15) is 11.3 Å². The number of anilines is 1. The van der Waals surface area contributed by atoms with E-state index in [0.29, 0.717) is 22.9 Å². The van der Waals surface area contributed by atoms with Crippen molar-refractivity contribution in [3.8, 4) is 28.4 Å². The number of carbonyl (C=O) groups excluding carboxylic acids is 1. The first-order chi connectivity index (χ1) is 17.3. The maximum atomic E-state index is 12.9. The lowest BCUT2D eigenvalue weighted by molar-refractivity contribution is -0.111. The molecular formula is C30H31NO5. The van der Waals surface area contributed by atoms with E-state index in [4.69, 9.17) is 18.6 Å². The van der Waals surface area contributed by atoms with Crippen LogP contribution in [0.25, 0.3) is 27.7 Å². The van der Waals surface area contributed by atoms with Crippen LogP contribution in [0.2, 0.25) is 0 Å². The third-order valence-corrected chi connectivity index (χ3v) is 6.34. The Labute approximate surface area is 211 Å². The van der Waals surface area contributed by atoms with Crippen molar-refractivity contribution in [2.24, 2.45) is 0 Å². The van der Waals surface area contributed by atoms with Crippen molar-refractivity contribution in [3.63, 3.8) is 0 Å². The van der Waals surface area contributed by atoms with Gasteiger partial charge in [0.25, 0.3) is 0 Å². The van der Waals surface area contributed by atoms with E-state index in [1.807, 2.05) is 19.9 Å². The number of benzene rings is 3. The Morgan fingerprint density at radius 1 is 0.889 bits per heavy atom. The summed E-state index contributed by atoms with van der Waals surface area (Å²) >= 11 is 0.